The Balaban J connectivity index is 2.14. The van der Waals surface area contributed by atoms with E-state index in [0.29, 0.717) is 17.1 Å². The molecule has 3 rings (SSSR count). The van der Waals surface area contributed by atoms with Crippen LogP contribution in [0.25, 0.3) is 0 Å². The molecule has 0 N–H and O–H groups in total. The maximum absolute atomic E-state index is 14.6. The maximum atomic E-state index is 14.6. The standard InChI is InChI=1S/C19H16BrClFN3O4S/c1-28-13-4-3-12(17(7-13)29-2)10-25(19-5-6-23-11-24-19)30(26,27)18-9-15(21)14(20)8-16(18)22/h3-9,11H,10H2,1-2H3. The summed E-state index contributed by atoms with van der Waals surface area (Å²) in [6, 6.07) is 8.41. The van der Waals surface area contributed by atoms with E-state index in [1.54, 1.807) is 18.2 Å². The smallest absolute Gasteiger partial charge is 0.268 e. The number of hydrogen-bond donors (Lipinski definition) is 0. The number of rotatable bonds is 7. The minimum atomic E-state index is -4.39. The maximum Gasteiger partial charge on any atom is 0.268 e. The van der Waals surface area contributed by atoms with Gasteiger partial charge in [-0.2, -0.15) is 0 Å². The van der Waals surface area contributed by atoms with Crippen molar-refractivity contribution >= 4 is 43.4 Å². The van der Waals surface area contributed by atoms with Gasteiger partial charge >= 0.3 is 0 Å². The molecular weight excluding hydrogens is 501 g/mol. The van der Waals surface area contributed by atoms with Crippen molar-refractivity contribution in [2.24, 2.45) is 0 Å². The average Bonchev–Trinajstić information content (AvgIpc) is 2.74. The highest BCUT2D eigenvalue weighted by Gasteiger charge is 2.30. The van der Waals surface area contributed by atoms with Crippen LogP contribution in [0.15, 0.2) is 58.3 Å². The zero-order chi connectivity index (χ0) is 21.9. The first-order chi connectivity index (χ1) is 14.3. The first-order valence-corrected chi connectivity index (χ1v) is 11.0. The van der Waals surface area contributed by atoms with E-state index >= 15 is 0 Å². The third kappa shape index (κ3) is 4.50. The highest BCUT2D eigenvalue weighted by Crippen LogP contribution is 2.33. The third-order valence-corrected chi connectivity index (χ3v) is 7.14. The number of nitrogens with zero attached hydrogens (tertiary/aromatic N) is 3. The van der Waals surface area contributed by atoms with Gasteiger partial charge in [0, 0.05) is 28.4 Å². The molecule has 0 radical (unpaired) electrons. The van der Waals surface area contributed by atoms with Gasteiger partial charge in [0.05, 0.1) is 25.8 Å². The number of aromatic nitrogens is 2. The lowest BCUT2D eigenvalue weighted by Crippen LogP contribution is -2.32. The molecule has 1 aromatic heterocycles. The van der Waals surface area contributed by atoms with Crippen molar-refractivity contribution in [2.75, 3.05) is 18.5 Å². The van der Waals surface area contributed by atoms with Crippen molar-refractivity contribution in [3.8, 4) is 11.5 Å². The van der Waals surface area contributed by atoms with Crippen molar-refractivity contribution in [2.45, 2.75) is 11.4 Å². The molecule has 0 aliphatic heterocycles. The Kier molecular flexibility index (Phi) is 6.79. The van der Waals surface area contributed by atoms with Crippen LogP contribution in [0.1, 0.15) is 5.56 Å². The van der Waals surface area contributed by atoms with Gasteiger partial charge in [-0.05, 0) is 40.2 Å². The third-order valence-electron chi connectivity index (χ3n) is 4.17. The number of methoxy groups -OCH3 is 2. The first kappa shape index (κ1) is 22.3. The van der Waals surface area contributed by atoms with Gasteiger partial charge in [0.1, 0.15) is 34.4 Å². The summed E-state index contributed by atoms with van der Waals surface area (Å²) in [5.41, 5.74) is 0.518. The highest BCUT2D eigenvalue weighted by atomic mass is 79.9. The summed E-state index contributed by atoms with van der Waals surface area (Å²) in [5.74, 6) is 0.0454. The summed E-state index contributed by atoms with van der Waals surface area (Å²) in [6.45, 7) is -0.181. The zero-order valence-corrected chi connectivity index (χ0v) is 19.0. The SMILES string of the molecule is COc1ccc(CN(c2ccncn2)S(=O)(=O)c2cc(Cl)c(Br)cc2F)c(OC)c1. The van der Waals surface area contributed by atoms with Crippen LogP contribution >= 0.6 is 27.5 Å². The molecule has 3 aromatic rings. The first-order valence-electron chi connectivity index (χ1n) is 8.42. The van der Waals surface area contributed by atoms with E-state index < -0.39 is 20.7 Å². The summed E-state index contributed by atoms with van der Waals surface area (Å²) >= 11 is 9.11. The van der Waals surface area contributed by atoms with Crippen LogP contribution < -0.4 is 13.8 Å². The molecule has 0 aliphatic carbocycles. The quantitative estimate of drug-likeness (QED) is 0.432. The minimum absolute atomic E-state index is 0.0552. The molecular formula is C19H16BrClFN3O4S. The molecule has 158 valence electrons. The van der Waals surface area contributed by atoms with Gasteiger partial charge in [-0.15, -0.1) is 0 Å². The molecule has 0 fully saturated rings. The molecule has 0 spiro atoms. The second kappa shape index (κ2) is 9.15. The Bertz CT molecular complexity index is 1170. The average molecular weight is 517 g/mol. The second-order valence-corrected chi connectivity index (χ2v) is 9.05. The Morgan fingerprint density at radius 2 is 1.93 bits per heavy atom. The number of anilines is 1. The lowest BCUT2D eigenvalue weighted by atomic mass is 10.2. The molecule has 0 aliphatic rings. The molecule has 30 heavy (non-hydrogen) atoms. The van der Waals surface area contributed by atoms with Crippen molar-refractivity contribution in [1.82, 2.24) is 9.97 Å². The molecule has 0 bridgehead atoms. The van der Waals surface area contributed by atoms with Crippen molar-refractivity contribution in [1.29, 1.82) is 0 Å². The summed E-state index contributed by atoms with van der Waals surface area (Å²) in [7, 11) is -1.43. The molecule has 7 nitrogen and oxygen atoms in total. The van der Waals surface area contributed by atoms with Crippen LogP contribution in [0.3, 0.4) is 0 Å². The predicted octanol–water partition coefficient (Wildman–Crippen LogP) is 4.44. The van der Waals surface area contributed by atoms with E-state index in [1.807, 2.05) is 0 Å². The Labute approximate surface area is 186 Å². The van der Waals surface area contributed by atoms with Gasteiger partial charge in [-0.3, -0.25) is 0 Å². The molecule has 0 saturated carbocycles. The number of sulfonamides is 1. The van der Waals surface area contributed by atoms with E-state index in [9.17, 15) is 12.8 Å². The summed E-state index contributed by atoms with van der Waals surface area (Å²) in [6.07, 6.45) is 2.59. The van der Waals surface area contributed by atoms with Crippen LogP contribution in [0, 0.1) is 5.82 Å². The van der Waals surface area contributed by atoms with Crippen molar-refractivity contribution in [3.05, 3.63) is 69.8 Å². The molecule has 11 heteroatoms. The molecule has 0 amide bonds. The van der Waals surface area contributed by atoms with Crippen LogP contribution in [0.5, 0.6) is 11.5 Å². The molecule has 0 atom stereocenters. The minimum Gasteiger partial charge on any atom is -0.497 e. The monoisotopic (exact) mass is 515 g/mol. The summed E-state index contributed by atoms with van der Waals surface area (Å²) in [5, 5.41) is 0.0552. The van der Waals surface area contributed by atoms with Gasteiger partial charge in [-0.1, -0.05) is 11.6 Å². The molecule has 2 aromatic carbocycles. The Morgan fingerprint density at radius 1 is 1.17 bits per heavy atom. The lowest BCUT2D eigenvalue weighted by Gasteiger charge is -2.24. The zero-order valence-electron chi connectivity index (χ0n) is 15.8. The lowest BCUT2D eigenvalue weighted by molar-refractivity contribution is 0.391. The fourth-order valence-electron chi connectivity index (χ4n) is 2.68. The van der Waals surface area contributed by atoms with Crippen LogP contribution in [-0.2, 0) is 16.6 Å². The largest absolute Gasteiger partial charge is 0.497 e. The number of benzene rings is 2. The fraction of sp³-hybridized carbons (Fsp3) is 0.158. The van der Waals surface area contributed by atoms with E-state index in [1.165, 1.54) is 32.8 Å². The summed E-state index contributed by atoms with van der Waals surface area (Å²) in [4.78, 5) is 7.26. The van der Waals surface area contributed by atoms with E-state index in [0.717, 1.165) is 16.4 Å². The molecule has 1 heterocycles. The summed E-state index contributed by atoms with van der Waals surface area (Å²) < 4.78 is 53.2. The number of hydrogen-bond acceptors (Lipinski definition) is 6. The van der Waals surface area contributed by atoms with E-state index in [-0.39, 0.29) is 21.9 Å². The normalized spacial score (nSPS) is 11.2. The van der Waals surface area contributed by atoms with Crippen LogP contribution in [0.4, 0.5) is 10.2 Å². The second-order valence-electron chi connectivity index (χ2n) is 5.95. The Hall–Kier alpha value is -2.43. The topological polar surface area (TPSA) is 81.6 Å². The van der Waals surface area contributed by atoms with Gasteiger partial charge in [0.15, 0.2) is 0 Å². The van der Waals surface area contributed by atoms with Gasteiger partial charge in [-0.25, -0.2) is 27.1 Å². The fourth-order valence-corrected chi connectivity index (χ4v) is 4.69. The molecule has 0 saturated heterocycles. The highest BCUT2D eigenvalue weighted by molar-refractivity contribution is 9.10. The van der Waals surface area contributed by atoms with Gasteiger partial charge in [0.25, 0.3) is 10.0 Å². The predicted molar refractivity (Wildman–Crippen MR) is 114 cm³/mol. The van der Waals surface area contributed by atoms with Crippen LogP contribution in [0.2, 0.25) is 5.02 Å². The number of halogens is 3. The number of ether oxygens (including phenoxy) is 2. The Morgan fingerprint density at radius 3 is 2.57 bits per heavy atom. The molecule has 0 unspecified atom stereocenters. The van der Waals surface area contributed by atoms with E-state index in [2.05, 4.69) is 25.9 Å². The van der Waals surface area contributed by atoms with E-state index in [4.69, 9.17) is 21.1 Å². The van der Waals surface area contributed by atoms with Crippen molar-refractivity contribution < 1.29 is 22.3 Å². The van der Waals surface area contributed by atoms with Gasteiger partial charge in [0.2, 0.25) is 0 Å². The van der Waals surface area contributed by atoms with Crippen LogP contribution in [-0.4, -0.2) is 32.6 Å². The van der Waals surface area contributed by atoms with Crippen molar-refractivity contribution in [3.63, 3.8) is 0 Å². The van der Waals surface area contributed by atoms with Gasteiger partial charge < -0.3 is 9.47 Å².